The van der Waals surface area contributed by atoms with E-state index in [-0.39, 0.29) is 5.41 Å². The molecule has 1 aliphatic heterocycles. The van der Waals surface area contributed by atoms with Crippen LogP contribution in [0.5, 0.6) is 0 Å². The lowest BCUT2D eigenvalue weighted by Crippen LogP contribution is -2.42. The number of hydrogen-bond acceptors (Lipinski definition) is 3. The van der Waals surface area contributed by atoms with Crippen LogP contribution in [0.3, 0.4) is 0 Å². The highest BCUT2D eigenvalue weighted by Crippen LogP contribution is 2.41. The highest BCUT2D eigenvalue weighted by Gasteiger charge is 2.33. The molecule has 0 aliphatic carbocycles. The fourth-order valence-corrected chi connectivity index (χ4v) is 5.11. The number of hydrogen-bond donors (Lipinski definition) is 0. The minimum atomic E-state index is 0.165. The van der Waals surface area contributed by atoms with Gasteiger partial charge >= 0.3 is 0 Å². The molecule has 1 aromatic heterocycles. The second-order valence-corrected chi connectivity index (χ2v) is 11.0. The van der Waals surface area contributed by atoms with Gasteiger partial charge in [0.15, 0.2) is 0 Å². The van der Waals surface area contributed by atoms with Gasteiger partial charge in [-0.15, -0.1) is 11.3 Å². The lowest BCUT2D eigenvalue weighted by atomic mass is 9.70. The summed E-state index contributed by atoms with van der Waals surface area (Å²) in [6.45, 7) is 21.3. The fourth-order valence-electron chi connectivity index (χ4n) is 3.97. The maximum Gasteiger partial charge on any atom is 0.0956 e. The molecule has 0 saturated carbocycles. The summed E-state index contributed by atoms with van der Waals surface area (Å²) in [4.78, 5) is 7.57. The van der Waals surface area contributed by atoms with Crippen LogP contribution in [-0.4, -0.2) is 29.0 Å². The first-order valence-corrected chi connectivity index (χ1v) is 11.1. The van der Waals surface area contributed by atoms with Crippen molar-refractivity contribution in [2.45, 2.75) is 98.4 Å². The molecule has 0 bridgehead atoms. The van der Waals surface area contributed by atoms with Crippen LogP contribution in [-0.2, 0) is 5.41 Å². The molecular formula is C22H40N2S. The molecule has 1 aliphatic rings. The predicted molar refractivity (Wildman–Crippen MR) is 112 cm³/mol. The molecule has 1 saturated heterocycles. The van der Waals surface area contributed by atoms with Gasteiger partial charge in [0.1, 0.15) is 0 Å². The van der Waals surface area contributed by atoms with Crippen molar-refractivity contribution in [3.05, 3.63) is 16.1 Å². The van der Waals surface area contributed by atoms with Gasteiger partial charge in [-0.3, -0.25) is 0 Å². The highest BCUT2D eigenvalue weighted by molar-refractivity contribution is 7.09. The number of rotatable bonds is 6. The summed E-state index contributed by atoms with van der Waals surface area (Å²) in [6.07, 6.45) is 5.30. The van der Waals surface area contributed by atoms with Gasteiger partial charge in [-0.25, -0.2) is 4.98 Å². The molecular weight excluding hydrogens is 324 g/mol. The van der Waals surface area contributed by atoms with Crippen LogP contribution in [0, 0.1) is 11.3 Å². The van der Waals surface area contributed by atoms with E-state index in [1.807, 2.05) is 11.3 Å². The molecule has 144 valence electrons. The Morgan fingerprint density at radius 1 is 1.12 bits per heavy atom. The normalized spacial score (nSPS) is 19.6. The van der Waals surface area contributed by atoms with E-state index in [0.717, 1.165) is 5.92 Å². The van der Waals surface area contributed by atoms with Gasteiger partial charge in [0.05, 0.1) is 10.7 Å². The van der Waals surface area contributed by atoms with E-state index in [0.29, 0.717) is 17.4 Å². The maximum atomic E-state index is 4.94. The fraction of sp³-hybridized carbons (Fsp3) is 0.864. The van der Waals surface area contributed by atoms with Crippen LogP contribution in [0.4, 0.5) is 0 Å². The molecule has 0 spiro atoms. The first kappa shape index (κ1) is 20.9. The number of likely N-dealkylation sites (tertiary alicyclic amines) is 1. The molecule has 25 heavy (non-hydrogen) atoms. The molecule has 0 aromatic carbocycles. The third kappa shape index (κ3) is 5.53. The Morgan fingerprint density at radius 3 is 2.20 bits per heavy atom. The smallest absolute Gasteiger partial charge is 0.0956 e. The van der Waals surface area contributed by atoms with Crippen LogP contribution in [0.1, 0.15) is 97.7 Å². The quantitative estimate of drug-likeness (QED) is 0.575. The van der Waals surface area contributed by atoms with Crippen molar-refractivity contribution in [2.24, 2.45) is 11.3 Å². The van der Waals surface area contributed by atoms with Crippen molar-refractivity contribution < 1.29 is 0 Å². The van der Waals surface area contributed by atoms with Crippen molar-refractivity contribution in [1.29, 1.82) is 0 Å². The van der Waals surface area contributed by atoms with Crippen LogP contribution in [0.25, 0.3) is 0 Å². The summed E-state index contributed by atoms with van der Waals surface area (Å²) in [6, 6.07) is 0.700. The largest absolute Gasteiger partial charge is 0.301 e. The van der Waals surface area contributed by atoms with Crippen LogP contribution < -0.4 is 0 Å². The molecule has 0 amide bonds. The van der Waals surface area contributed by atoms with Gasteiger partial charge in [-0.2, -0.15) is 0 Å². The van der Waals surface area contributed by atoms with E-state index in [4.69, 9.17) is 4.98 Å². The summed E-state index contributed by atoms with van der Waals surface area (Å²) < 4.78 is 0. The Hall–Kier alpha value is -0.410. The van der Waals surface area contributed by atoms with Crippen molar-refractivity contribution in [3.63, 3.8) is 0 Å². The molecule has 1 aromatic rings. The molecule has 0 radical (unpaired) electrons. The monoisotopic (exact) mass is 364 g/mol. The molecule has 1 unspecified atom stereocenters. The lowest BCUT2D eigenvalue weighted by Gasteiger charge is -2.42. The second-order valence-electron chi connectivity index (χ2n) is 10.2. The van der Waals surface area contributed by atoms with Crippen LogP contribution >= 0.6 is 11.3 Å². The van der Waals surface area contributed by atoms with Gasteiger partial charge in [0.2, 0.25) is 0 Å². The zero-order valence-corrected chi connectivity index (χ0v) is 18.7. The maximum absolute atomic E-state index is 4.94. The van der Waals surface area contributed by atoms with E-state index in [1.165, 1.54) is 49.5 Å². The first-order chi connectivity index (χ1) is 11.5. The number of thiazole rings is 1. The molecule has 1 atom stereocenters. The molecule has 2 rings (SSSR count). The Labute approximate surface area is 160 Å². The number of piperidine rings is 1. The van der Waals surface area contributed by atoms with Crippen molar-refractivity contribution in [1.82, 2.24) is 9.88 Å². The summed E-state index contributed by atoms with van der Waals surface area (Å²) in [5.74, 6) is 1.45. The standard InChI is InChI=1S/C22H40N2S/c1-16(2)24-13-10-18(11-14-24)22(7,8)12-9-17(3)20-23-19(15-25-20)21(4,5)6/h15-18H,9-14H2,1-8H3. The lowest BCUT2D eigenvalue weighted by molar-refractivity contribution is 0.0757. The van der Waals surface area contributed by atoms with Crippen molar-refractivity contribution in [2.75, 3.05) is 13.1 Å². The highest BCUT2D eigenvalue weighted by atomic mass is 32.1. The Balaban J connectivity index is 1.88. The topological polar surface area (TPSA) is 16.1 Å². The Morgan fingerprint density at radius 2 is 1.72 bits per heavy atom. The summed E-state index contributed by atoms with van der Waals surface area (Å²) in [5.41, 5.74) is 1.86. The Bertz CT molecular complexity index is 530. The van der Waals surface area contributed by atoms with Gasteiger partial charge in [-0.1, -0.05) is 41.5 Å². The van der Waals surface area contributed by atoms with Gasteiger partial charge in [-0.05, 0) is 64.0 Å². The SMILES string of the molecule is CC(CCC(C)(C)C1CCN(C(C)C)CC1)c1nc(C(C)(C)C)cs1. The van der Waals surface area contributed by atoms with E-state index in [9.17, 15) is 0 Å². The van der Waals surface area contributed by atoms with Crippen molar-refractivity contribution >= 4 is 11.3 Å². The second kappa shape index (κ2) is 8.08. The zero-order valence-electron chi connectivity index (χ0n) is 17.9. The minimum absolute atomic E-state index is 0.165. The number of nitrogens with zero attached hydrogens (tertiary/aromatic N) is 2. The molecule has 3 heteroatoms. The summed E-state index contributed by atoms with van der Waals surface area (Å²) >= 11 is 1.86. The molecule has 2 heterocycles. The van der Waals surface area contributed by atoms with E-state index < -0.39 is 0 Å². The van der Waals surface area contributed by atoms with Gasteiger partial charge in [0, 0.05) is 22.8 Å². The van der Waals surface area contributed by atoms with E-state index in [2.05, 4.69) is 65.7 Å². The van der Waals surface area contributed by atoms with Gasteiger partial charge < -0.3 is 4.90 Å². The average molecular weight is 365 g/mol. The van der Waals surface area contributed by atoms with Crippen LogP contribution in [0.15, 0.2) is 5.38 Å². The predicted octanol–water partition coefficient (Wildman–Crippen LogP) is 6.47. The molecule has 1 fully saturated rings. The minimum Gasteiger partial charge on any atom is -0.301 e. The van der Waals surface area contributed by atoms with E-state index in [1.54, 1.807) is 0 Å². The third-order valence-corrected chi connectivity index (χ3v) is 7.37. The molecule has 2 nitrogen and oxygen atoms in total. The first-order valence-electron chi connectivity index (χ1n) is 10.2. The molecule has 0 N–H and O–H groups in total. The van der Waals surface area contributed by atoms with E-state index >= 15 is 0 Å². The average Bonchev–Trinajstić information content (AvgIpc) is 3.03. The van der Waals surface area contributed by atoms with Crippen molar-refractivity contribution in [3.8, 4) is 0 Å². The zero-order chi connectivity index (χ0) is 18.8. The summed E-state index contributed by atoms with van der Waals surface area (Å²) in [5, 5.41) is 3.59. The van der Waals surface area contributed by atoms with Crippen LogP contribution in [0.2, 0.25) is 0 Å². The van der Waals surface area contributed by atoms with Gasteiger partial charge in [0.25, 0.3) is 0 Å². The third-order valence-electron chi connectivity index (χ3n) is 6.30. The Kier molecular flexibility index (Phi) is 6.76. The number of aromatic nitrogens is 1. The summed E-state index contributed by atoms with van der Waals surface area (Å²) in [7, 11) is 0.